The van der Waals surface area contributed by atoms with Crippen LogP contribution in [0.25, 0.3) is 10.2 Å². The van der Waals surface area contributed by atoms with Crippen LogP contribution < -0.4 is 5.56 Å². The van der Waals surface area contributed by atoms with Crippen molar-refractivity contribution in [2.45, 2.75) is 33.2 Å². The smallest absolute Gasteiger partial charge is 0.348 e. The summed E-state index contributed by atoms with van der Waals surface area (Å²) in [7, 11) is 0. The summed E-state index contributed by atoms with van der Waals surface area (Å²) in [4.78, 5) is 42.0. The Morgan fingerprint density at radius 3 is 2.66 bits per heavy atom. The van der Waals surface area contributed by atoms with Crippen LogP contribution in [-0.2, 0) is 27.2 Å². The Labute approximate surface area is 171 Å². The highest BCUT2D eigenvalue weighted by molar-refractivity contribution is 7.20. The van der Waals surface area contributed by atoms with E-state index in [-0.39, 0.29) is 31.1 Å². The molecule has 0 radical (unpaired) electrons. The van der Waals surface area contributed by atoms with Gasteiger partial charge in [0.1, 0.15) is 9.71 Å². The van der Waals surface area contributed by atoms with E-state index in [1.54, 1.807) is 13.8 Å². The normalized spacial score (nSPS) is 10.8. The van der Waals surface area contributed by atoms with Gasteiger partial charge < -0.3 is 9.47 Å². The van der Waals surface area contributed by atoms with Crippen LogP contribution in [0.1, 0.15) is 34.1 Å². The highest BCUT2D eigenvalue weighted by Crippen LogP contribution is 2.27. The molecule has 152 valence electrons. The van der Waals surface area contributed by atoms with Crippen molar-refractivity contribution in [1.29, 1.82) is 0 Å². The number of hydrogen-bond acceptors (Lipinski definition) is 7. The monoisotopic (exact) mass is 414 g/mol. The van der Waals surface area contributed by atoms with E-state index in [1.165, 1.54) is 10.9 Å². The molecule has 3 rings (SSSR count). The molecule has 1 aromatic carbocycles. The lowest BCUT2D eigenvalue weighted by Crippen LogP contribution is -2.22. The third-order valence-corrected chi connectivity index (χ3v) is 5.61. The van der Waals surface area contributed by atoms with Gasteiger partial charge in [0.05, 0.1) is 31.3 Å². The number of nitrogens with zero attached hydrogens (tertiary/aromatic N) is 2. The van der Waals surface area contributed by atoms with E-state index in [1.807, 2.05) is 30.3 Å². The molecule has 0 aliphatic carbocycles. The molecule has 0 aliphatic heterocycles. The molecule has 0 atom stereocenters. The lowest BCUT2D eigenvalue weighted by Gasteiger charge is -2.05. The lowest BCUT2D eigenvalue weighted by molar-refractivity contribution is -0.143. The van der Waals surface area contributed by atoms with Gasteiger partial charge in [-0.1, -0.05) is 30.3 Å². The van der Waals surface area contributed by atoms with Gasteiger partial charge >= 0.3 is 11.9 Å². The average molecular weight is 414 g/mol. The summed E-state index contributed by atoms with van der Waals surface area (Å²) in [5.41, 5.74) is 1.36. The van der Waals surface area contributed by atoms with Gasteiger partial charge in [-0.25, -0.2) is 9.78 Å². The van der Waals surface area contributed by atoms with Gasteiger partial charge in [-0.3, -0.25) is 14.2 Å². The van der Waals surface area contributed by atoms with E-state index in [0.717, 1.165) is 16.9 Å². The third-order valence-electron chi connectivity index (χ3n) is 4.43. The first kappa shape index (κ1) is 20.7. The number of hydrogen-bond donors (Lipinski definition) is 0. The van der Waals surface area contributed by atoms with E-state index in [2.05, 4.69) is 4.98 Å². The maximum absolute atomic E-state index is 12.8. The third kappa shape index (κ3) is 4.89. The van der Waals surface area contributed by atoms with Crippen molar-refractivity contribution >= 4 is 33.5 Å². The Bertz CT molecular complexity index is 1070. The number of benzene rings is 1. The minimum atomic E-state index is -0.459. The van der Waals surface area contributed by atoms with Crippen LogP contribution >= 0.6 is 11.3 Å². The average Bonchev–Trinajstić information content (AvgIpc) is 3.06. The number of carbonyl (C=O) groups excluding carboxylic acids is 2. The van der Waals surface area contributed by atoms with Crippen LogP contribution in [0.5, 0.6) is 0 Å². The molecular formula is C21H22N2O5S. The molecule has 0 N–H and O–H groups in total. The lowest BCUT2D eigenvalue weighted by atomic mass is 10.2. The predicted octanol–water partition coefficient (Wildman–Crippen LogP) is 3.12. The Balaban J connectivity index is 1.73. The van der Waals surface area contributed by atoms with Crippen LogP contribution in [-0.4, -0.2) is 34.7 Å². The van der Waals surface area contributed by atoms with Crippen LogP contribution in [0, 0.1) is 6.92 Å². The molecule has 0 aliphatic rings. The second-order valence-corrected chi connectivity index (χ2v) is 7.41. The van der Waals surface area contributed by atoms with Crippen LogP contribution in [0.15, 0.2) is 41.5 Å². The van der Waals surface area contributed by atoms with Gasteiger partial charge in [0.2, 0.25) is 0 Å². The van der Waals surface area contributed by atoms with Gasteiger partial charge in [0.25, 0.3) is 5.56 Å². The number of fused-ring (bicyclic) bond motifs is 1. The van der Waals surface area contributed by atoms with Gasteiger partial charge in [0.15, 0.2) is 0 Å². The summed E-state index contributed by atoms with van der Waals surface area (Å²) < 4.78 is 11.6. The summed E-state index contributed by atoms with van der Waals surface area (Å²) in [5.74, 6) is -0.830. The molecule has 0 spiro atoms. The van der Waals surface area contributed by atoms with Crippen molar-refractivity contribution in [2.24, 2.45) is 0 Å². The summed E-state index contributed by atoms with van der Waals surface area (Å²) in [6, 6.07) is 9.75. The van der Waals surface area contributed by atoms with Crippen LogP contribution in [0.2, 0.25) is 0 Å². The van der Waals surface area contributed by atoms with Crippen molar-refractivity contribution in [3.05, 3.63) is 63.0 Å². The molecule has 0 amide bonds. The molecule has 2 heterocycles. The fourth-order valence-electron chi connectivity index (χ4n) is 2.93. The number of aryl methyl sites for hydroxylation is 2. The topological polar surface area (TPSA) is 87.5 Å². The number of aromatic nitrogens is 2. The minimum absolute atomic E-state index is 0.0818. The SMILES string of the molecule is CCOC(=O)CCn1cnc2sc(C(=O)OCCc3ccccc3)c(C)c2c1=O. The van der Waals surface area contributed by atoms with Crippen molar-refractivity contribution in [1.82, 2.24) is 9.55 Å². The zero-order valence-electron chi connectivity index (χ0n) is 16.3. The second kappa shape index (κ2) is 9.47. The summed E-state index contributed by atoms with van der Waals surface area (Å²) in [5, 5.41) is 0.386. The Kier molecular flexibility index (Phi) is 6.77. The molecule has 0 fully saturated rings. The maximum Gasteiger partial charge on any atom is 0.348 e. The zero-order valence-corrected chi connectivity index (χ0v) is 17.2. The van der Waals surface area contributed by atoms with E-state index in [9.17, 15) is 14.4 Å². The molecular weight excluding hydrogens is 392 g/mol. The number of ether oxygens (including phenoxy) is 2. The summed E-state index contributed by atoms with van der Waals surface area (Å²) in [6.07, 6.45) is 2.10. The van der Waals surface area contributed by atoms with Crippen molar-refractivity contribution in [3.8, 4) is 0 Å². The Morgan fingerprint density at radius 2 is 1.93 bits per heavy atom. The number of carbonyl (C=O) groups is 2. The Morgan fingerprint density at radius 1 is 1.17 bits per heavy atom. The number of rotatable bonds is 8. The molecule has 0 saturated heterocycles. The largest absolute Gasteiger partial charge is 0.466 e. The predicted molar refractivity (Wildman–Crippen MR) is 110 cm³/mol. The van der Waals surface area contributed by atoms with Crippen LogP contribution in [0.3, 0.4) is 0 Å². The number of thiophene rings is 1. The zero-order chi connectivity index (χ0) is 20.8. The standard InChI is InChI=1S/C21H22N2O5S/c1-3-27-16(24)9-11-23-13-22-19-17(20(23)25)14(2)18(29-19)21(26)28-12-10-15-7-5-4-6-8-15/h4-8,13H,3,9-12H2,1-2H3. The first-order valence-electron chi connectivity index (χ1n) is 9.36. The highest BCUT2D eigenvalue weighted by atomic mass is 32.1. The van der Waals surface area contributed by atoms with Crippen molar-refractivity contribution in [3.63, 3.8) is 0 Å². The Hall–Kier alpha value is -3.00. The van der Waals surface area contributed by atoms with Gasteiger partial charge in [-0.15, -0.1) is 11.3 Å². The van der Waals surface area contributed by atoms with Gasteiger partial charge in [-0.05, 0) is 25.0 Å². The second-order valence-electron chi connectivity index (χ2n) is 6.41. The highest BCUT2D eigenvalue weighted by Gasteiger charge is 2.20. The summed E-state index contributed by atoms with van der Waals surface area (Å²) >= 11 is 1.14. The first-order chi connectivity index (χ1) is 14.0. The molecule has 3 aromatic rings. The maximum atomic E-state index is 12.8. The van der Waals surface area contributed by atoms with E-state index in [0.29, 0.717) is 33.7 Å². The molecule has 2 aromatic heterocycles. The molecule has 8 heteroatoms. The fourth-order valence-corrected chi connectivity index (χ4v) is 3.96. The van der Waals surface area contributed by atoms with Gasteiger partial charge in [0, 0.05) is 13.0 Å². The van der Waals surface area contributed by atoms with Crippen molar-refractivity contribution in [2.75, 3.05) is 13.2 Å². The molecule has 0 saturated carbocycles. The fraction of sp³-hybridized carbons (Fsp3) is 0.333. The first-order valence-corrected chi connectivity index (χ1v) is 10.2. The van der Waals surface area contributed by atoms with E-state index >= 15 is 0 Å². The minimum Gasteiger partial charge on any atom is -0.466 e. The van der Waals surface area contributed by atoms with E-state index in [4.69, 9.17) is 9.47 Å². The van der Waals surface area contributed by atoms with Crippen LogP contribution in [0.4, 0.5) is 0 Å². The molecule has 0 unspecified atom stereocenters. The van der Waals surface area contributed by atoms with Gasteiger partial charge in [-0.2, -0.15) is 0 Å². The number of esters is 2. The van der Waals surface area contributed by atoms with E-state index < -0.39 is 5.97 Å². The summed E-state index contributed by atoms with van der Waals surface area (Å²) in [6.45, 7) is 4.17. The quantitative estimate of drug-likeness (QED) is 0.526. The molecule has 29 heavy (non-hydrogen) atoms. The molecule has 0 bridgehead atoms. The van der Waals surface area contributed by atoms with Crippen molar-refractivity contribution < 1.29 is 19.1 Å². The molecule has 7 nitrogen and oxygen atoms in total.